The molecule has 21 heavy (non-hydrogen) atoms. The number of aromatic nitrogens is 1. The molecule has 0 bridgehead atoms. The number of hydrogen-bond acceptors (Lipinski definition) is 3. The summed E-state index contributed by atoms with van der Waals surface area (Å²) in [6.45, 7) is 4.66. The molecule has 2 aromatic rings. The molecule has 0 aliphatic heterocycles. The lowest BCUT2D eigenvalue weighted by Crippen LogP contribution is -2.22. The highest BCUT2D eigenvalue weighted by molar-refractivity contribution is 5.46. The zero-order chi connectivity index (χ0) is 15.1. The molecule has 0 spiro atoms. The molecule has 0 aliphatic carbocycles. The second-order valence-corrected chi connectivity index (χ2v) is 5.15. The van der Waals surface area contributed by atoms with Gasteiger partial charge >= 0.3 is 0 Å². The molecule has 0 atom stereocenters. The normalized spacial score (nSPS) is 10.6. The first kappa shape index (κ1) is 15.4. The smallest absolute Gasteiger partial charge is 0.133 e. The standard InChI is InChI=1S/C17H22FN3/c1-3-10-19-12-15-5-4-11-20-17(15)21(2)13-14-6-8-16(18)9-7-14/h4-9,11,19H,3,10,12-13H2,1-2H3. The highest BCUT2D eigenvalue weighted by Gasteiger charge is 2.09. The minimum Gasteiger partial charge on any atom is -0.355 e. The molecule has 1 heterocycles. The van der Waals surface area contributed by atoms with Crippen LogP contribution in [0.25, 0.3) is 0 Å². The molecular formula is C17H22FN3. The SMILES string of the molecule is CCCNCc1cccnc1N(C)Cc1ccc(F)cc1. The van der Waals surface area contributed by atoms with E-state index in [0.29, 0.717) is 6.54 Å². The second kappa shape index (κ2) is 7.74. The molecule has 0 unspecified atom stereocenters. The van der Waals surface area contributed by atoms with Crippen LogP contribution in [0.3, 0.4) is 0 Å². The van der Waals surface area contributed by atoms with Gasteiger partial charge < -0.3 is 10.2 Å². The Hall–Kier alpha value is -1.94. The predicted molar refractivity (Wildman–Crippen MR) is 84.7 cm³/mol. The molecule has 0 aliphatic rings. The fourth-order valence-electron chi connectivity index (χ4n) is 2.25. The van der Waals surface area contributed by atoms with Crippen molar-refractivity contribution in [1.82, 2.24) is 10.3 Å². The molecule has 112 valence electrons. The van der Waals surface area contributed by atoms with Crippen LogP contribution in [0.5, 0.6) is 0 Å². The van der Waals surface area contributed by atoms with E-state index in [1.165, 1.54) is 17.7 Å². The van der Waals surface area contributed by atoms with Crippen molar-refractivity contribution in [1.29, 1.82) is 0 Å². The lowest BCUT2D eigenvalue weighted by molar-refractivity contribution is 0.626. The Kier molecular flexibility index (Phi) is 5.69. The summed E-state index contributed by atoms with van der Waals surface area (Å²) in [5.74, 6) is 0.758. The molecule has 1 aromatic heterocycles. The van der Waals surface area contributed by atoms with Crippen LogP contribution in [0.1, 0.15) is 24.5 Å². The molecule has 0 radical (unpaired) electrons. The number of rotatable bonds is 7. The van der Waals surface area contributed by atoms with Gasteiger partial charge in [0.15, 0.2) is 0 Å². The van der Waals surface area contributed by atoms with Crippen molar-refractivity contribution in [2.24, 2.45) is 0 Å². The Bertz CT molecular complexity index is 554. The van der Waals surface area contributed by atoms with Crippen LogP contribution in [0.4, 0.5) is 10.2 Å². The summed E-state index contributed by atoms with van der Waals surface area (Å²) >= 11 is 0. The summed E-state index contributed by atoms with van der Waals surface area (Å²) in [5, 5.41) is 3.40. The van der Waals surface area contributed by atoms with Gasteiger partial charge in [-0.05, 0) is 36.7 Å². The van der Waals surface area contributed by atoms with Crippen molar-refractivity contribution in [3.05, 3.63) is 59.5 Å². The van der Waals surface area contributed by atoms with E-state index >= 15 is 0 Å². The Morgan fingerprint density at radius 2 is 1.95 bits per heavy atom. The van der Waals surface area contributed by atoms with Gasteiger partial charge in [-0.3, -0.25) is 0 Å². The van der Waals surface area contributed by atoms with Gasteiger partial charge in [-0.2, -0.15) is 0 Å². The third kappa shape index (κ3) is 4.53. The number of benzene rings is 1. The third-order valence-electron chi connectivity index (χ3n) is 3.30. The van der Waals surface area contributed by atoms with E-state index in [-0.39, 0.29) is 5.82 Å². The van der Waals surface area contributed by atoms with Gasteiger partial charge in [0.2, 0.25) is 0 Å². The Labute approximate surface area is 125 Å². The summed E-state index contributed by atoms with van der Waals surface area (Å²) in [4.78, 5) is 6.58. The van der Waals surface area contributed by atoms with Gasteiger partial charge in [0, 0.05) is 31.9 Å². The Balaban J connectivity index is 2.07. The lowest BCUT2D eigenvalue weighted by Gasteiger charge is -2.21. The maximum absolute atomic E-state index is 12.9. The lowest BCUT2D eigenvalue weighted by atomic mass is 10.2. The number of hydrogen-bond donors (Lipinski definition) is 1. The van der Waals surface area contributed by atoms with Crippen LogP contribution in [0.15, 0.2) is 42.6 Å². The van der Waals surface area contributed by atoms with Gasteiger partial charge in [0.25, 0.3) is 0 Å². The summed E-state index contributed by atoms with van der Waals surface area (Å²) in [6.07, 6.45) is 2.92. The van der Waals surface area contributed by atoms with Gasteiger partial charge in [-0.25, -0.2) is 9.37 Å². The van der Waals surface area contributed by atoms with Crippen LogP contribution in [-0.2, 0) is 13.1 Å². The first-order valence-electron chi connectivity index (χ1n) is 7.31. The molecule has 0 saturated heterocycles. The van der Waals surface area contributed by atoms with Gasteiger partial charge in [-0.15, -0.1) is 0 Å². The first-order chi connectivity index (χ1) is 10.2. The van der Waals surface area contributed by atoms with Crippen molar-refractivity contribution >= 4 is 5.82 Å². The molecule has 0 amide bonds. The van der Waals surface area contributed by atoms with Gasteiger partial charge in [-0.1, -0.05) is 25.1 Å². The minimum atomic E-state index is -0.205. The zero-order valence-corrected chi connectivity index (χ0v) is 12.6. The van der Waals surface area contributed by atoms with Crippen molar-refractivity contribution < 1.29 is 4.39 Å². The largest absolute Gasteiger partial charge is 0.355 e. The number of pyridine rings is 1. The van der Waals surface area contributed by atoms with E-state index in [1.807, 2.05) is 25.2 Å². The fourth-order valence-corrected chi connectivity index (χ4v) is 2.25. The van der Waals surface area contributed by atoms with Crippen LogP contribution in [0.2, 0.25) is 0 Å². The molecule has 0 saturated carbocycles. The number of anilines is 1. The summed E-state index contributed by atoms with van der Waals surface area (Å²) in [5.41, 5.74) is 2.24. The molecule has 3 nitrogen and oxygen atoms in total. The van der Waals surface area contributed by atoms with Crippen molar-refractivity contribution in [3.8, 4) is 0 Å². The van der Waals surface area contributed by atoms with E-state index in [4.69, 9.17) is 0 Å². The maximum atomic E-state index is 12.9. The molecule has 0 fully saturated rings. The number of halogens is 1. The van der Waals surface area contributed by atoms with Crippen molar-refractivity contribution in [2.75, 3.05) is 18.5 Å². The molecule has 2 rings (SSSR count). The average molecular weight is 287 g/mol. The van der Waals surface area contributed by atoms with E-state index in [0.717, 1.165) is 30.9 Å². The second-order valence-electron chi connectivity index (χ2n) is 5.15. The van der Waals surface area contributed by atoms with E-state index in [1.54, 1.807) is 6.20 Å². The summed E-state index contributed by atoms with van der Waals surface area (Å²) in [7, 11) is 2.01. The number of nitrogens with zero attached hydrogens (tertiary/aromatic N) is 2. The Morgan fingerprint density at radius 3 is 2.67 bits per heavy atom. The summed E-state index contributed by atoms with van der Waals surface area (Å²) in [6, 6.07) is 10.6. The molecule has 4 heteroatoms. The topological polar surface area (TPSA) is 28.2 Å². The molecule has 1 aromatic carbocycles. The predicted octanol–water partition coefficient (Wildman–Crippen LogP) is 3.36. The van der Waals surface area contributed by atoms with E-state index < -0.39 is 0 Å². The van der Waals surface area contributed by atoms with Crippen LogP contribution >= 0.6 is 0 Å². The number of nitrogens with one attached hydrogen (secondary N) is 1. The highest BCUT2D eigenvalue weighted by atomic mass is 19.1. The molecule has 1 N–H and O–H groups in total. The maximum Gasteiger partial charge on any atom is 0.133 e. The first-order valence-corrected chi connectivity index (χ1v) is 7.31. The summed E-state index contributed by atoms with van der Waals surface area (Å²) < 4.78 is 12.9. The minimum absolute atomic E-state index is 0.205. The molecular weight excluding hydrogens is 265 g/mol. The van der Waals surface area contributed by atoms with Crippen molar-refractivity contribution in [2.45, 2.75) is 26.4 Å². The zero-order valence-electron chi connectivity index (χ0n) is 12.6. The van der Waals surface area contributed by atoms with E-state index in [2.05, 4.69) is 28.2 Å². The average Bonchev–Trinajstić information content (AvgIpc) is 2.50. The fraction of sp³-hybridized carbons (Fsp3) is 0.353. The Morgan fingerprint density at radius 1 is 1.19 bits per heavy atom. The van der Waals surface area contributed by atoms with Crippen molar-refractivity contribution in [3.63, 3.8) is 0 Å². The van der Waals surface area contributed by atoms with Crippen LogP contribution in [0, 0.1) is 5.82 Å². The quantitative estimate of drug-likeness (QED) is 0.792. The highest BCUT2D eigenvalue weighted by Crippen LogP contribution is 2.18. The monoisotopic (exact) mass is 287 g/mol. The van der Waals surface area contributed by atoms with Crippen LogP contribution < -0.4 is 10.2 Å². The van der Waals surface area contributed by atoms with E-state index in [9.17, 15) is 4.39 Å². The van der Waals surface area contributed by atoms with Crippen LogP contribution in [-0.4, -0.2) is 18.6 Å². The van der Waals surface area contributed by atoms with Gasteiger partial charge in [0.1, 0.15) is 11.6 Å². The third-order valence-corrected chi connectivity index (χ3v) is 3.30. The van der Waals surface area contributed by atoms with Gasteiger partial charge in [0.05, 0.1) is 0 Å².